The maximum Gasteiger partial charge on any atom is 0.252 e. The Morgan fingerprint density at radius 1 is 1.08 bits per heavy atom. The minimum Gasteiger partial charge on any atom is -0.772 e. The van der Waals surface area contributed by atoms with E-state index in [1.165, 1.54) is 0 Å². The fourth-order valence-electron chi connectivity index (χ4n) is 3.03. The van der Waals surface area contributed by atoms with Crippen molar-refractivity contribution in [1.82, 2.24) is 14.8 Å². The standard InChI is InChI=1S/C19H23N3O3S/c23-19-17(6-3-8-20-19)14-22-12-10-21(11-13-22)9-7-16-4-1-2-5-18(16)15-26(24)25/h1-9H,10-15H2,(H,20,23)(H,24,25)/p-1. The van der Waals surface area contributed by atoms with E-state index in [9.17, 15) is 13.6 Å². The van der Waals surface area contributed by atoms with Crippen LogP contribution in [-0.2, 0) is 23.4 Å². The summed E-state index contributed by atoms with van der Waals surface area (Å²) in [6.07, 6.45) is 5.65. The molecule has 26 heavy (non-hydrogen) atoms. The van der Waals surface area contributed by atoms with Crippen LogP contribution in [0.25, 0.3) is 6.08 Å². The van der Waals surface area contributed by atoms with Gasteiger partial charge in [0.1, 0.15) is 0 Å². The number of hydrogen-bond acceptors (Lipinski definition) is 5. The summed E-state index contributed by atoms with van der Waals surface area (Å²) in [5.74, 6) is 0.0277. The highest BCUT2D eigenvalue weighted by molar-refractivity contribution is 7.78. The van der Waals surface area contributed by atoms with E-state index < -0.39 is 11.1 Å². The number of rotatable bonds is 6. The lowest BCUT2D eigenvalue weighted by Gasteiger charge is -2.34. The molecule has 0 saturated carbocycles. The van der Waals surface area contributed by atoms with Gasteiger partial charge < -0.3 is 14.4 Å². The molecule has 0 radical (unpaired) electrons. The highest BCUT2D eigenvalue weighted by Crippen LogP contribution is 2.14. The number of hydrogen-bond donors (Lipinski definition) is 1. The molecule has 1 unspecified atom stereocenters. The van der Waals surface area contributed by atoms with Gasteiger partial charge in [0, 0.05) is 50.2 Å². The Kier molecular flexibility index (Phi) is 6.38. The van der Waals surface area contributed by atoms with Gasteiger partial charge in [-0.2, -0.15) is 0 Å². The van der Waals surface area contributed by atoms with Crippen molar-refractivity contribution in [2.75, 3.05) is 26.2 Å². The molecule has 0 bridgehead atoms. The number of aromatic amines is 1. The third-order valence-electron chi connectivity index (χ3n) is 4.49. The summed E-state index contributed by atoms with van der Waals surface area (Å²) in [5.41, 5.74) is 2.49. The molecule has 0 amide bonds. The van der Waals surface area contributed by atoms with E-state index in [1.807, 2.05) is 48.7 Å². The predicted octanol–water partition coefficient (Wildman–Crippen LogP) is 1.54. The van der Waals surface area contributed by atoms with Gasteiger partial charge in [0.25, 0.3) is 5.56 Å². The summed E-state index contributed by atoms with van der Waals surface area (Å²) in [6.45, 7) is 4.16. The number of nitrogens with one attached hydrogen (secondary N) is 1. The number of pyridine rings is 1. The quantitative estimate of drug-likeness (QED) is 0.778. The number of nitrogens with zero attached hydrogens (tertiary/aromatic N) is 2. The Hall–Kier alpha value is -2.22. The maximum absolute atomic E-state index is 11.8. The van der Waals surface area contributed by atoms with Crippen LogP contribution in [0, 0.1) is 0 Å². The van der Waals surface area contributed by atoms with Crippen LogP contribution in [0.1, 0.15) is 16.7 Å². The summed E-state index contributed by atoms with van der Waals surface area (Å²) >= 11 is -2.09. The van der Waals surface area contributed by atoms with Gasteiger partial charge >= 0.3 is 0 Å². The molecular weight excluding hydrogens is 350 g/mol. The molecule has 7 heteroatoms. The number of benzene rings is 1. The molecule has 6 nitrogen and oxygen atoms in total. The summed E-state index contributed by atoms with van der Waals surface area (Å²) in [4.78, 5) is 19.0. The summed E-state index contributed by atoms with van der Waals surface area (Å²) in [5, 5.41) is 0. The van der Waals surface area contributed by atoms with Gasteiger partial charge in [0.15, 0.2) is 0 Å². The fraction of sp³-hybridized carbons (Fsp3) is 0.316. The zero-order chi connectivity index (χ0) is 18.4. The molecule has 1 aliphatic heterocycles. The molecule has 0 aliphatic carbocycles. The second kappa shape index (κ2) is 8.93. The molecule has 1 atom stereocenters. The van der Waals surface area contributed by atoms with Crippen molar-refractivity contribution >= 4 is 17.2 Å². The third kappa shape index (κ3) is 5.14. The van der Waals surface area contributed by atoms with E-state index in [1.54, 1.807) is 6.20 Å². The molecule has 1 aliphatic rings. The zero-order valence-electron chi connectivity index (χ0n) is 14.5. The largest absolute Gasteiger partial charge is 0.772 e. The number of piperazine rings is 1. The summed E-state index contributed by atoms with van der Waals surface area (Å²) in [6, 6.07) is 11.2. The summed E-state index contributed by atoms with van der Waals surface area (Å²) in [7, 11) is 0. The van der Waals surface area contributed by atoms with Crippen LogP contribution in [0.5, 0.6) is 0 Å². The molecule has 1 N–H and O–H groups in total. The van der Waals surface area contributed by atoms with Crippen LogP contribution < -0.4 is 5.56 Å². The van der Waals surface area contributed by atoms with Gasteiger partial charge in [0.05, 0.1) is 0 Å². The Labute approximate surface area is 155 Å². The number of H-pyrrole nitrogens is 1. The van der Waals surface area contributed by atoms with Crippen molar-refractivity contribution in [2.45, 2.75) is 12.3 Å². The fourth-order valence-corrected chi connectivity index (χ4v) is 3.55. The van der Waals surface area contributed by atoms with Gasteiger partial charge in [-0.15, -0.1) is 0 Å². The van der Waals surface area contributed by atoms with Gasteiger partial charge in [-0.1, -0.05) is 41.4 Å². The van der Waals surface area contributed by atoms with Crippen LogP contribution in [0.15, 0.2) is 53.6 Å². The second-order valence-electron chi connectivity index (χ2n) is 6.30. The van der Waals surface area contributed by atoms with Crippen molar-refractivity contribution in [2.24, 2.45) is 0 Å². The SMILES string of the molecule is O=c1[nH]cccc1CN1CCN(C=Cc2ccccc2CS(=O)[O-])CC1. The van der Waals surface area contributed by atoms with Crippen molar-refractivity contribution in [3.8, 4) is 0 Å². The normalized spacial score (nSPS) is 16.9. The van der Waals surface area contributed by atoms with Gasteiger partial charge in [-0.3, -0.25) is 13.9 Å². The van der Waals surface area contributed by atoms with E-state index >= 15 is 0 Å². The van der Waals surface area contributed by atoms with E-state index in [0.29, 0.717) is 6.54 Å². The Morgan fingerprint density at radius 2 is 1.81 bits per heavy atom. The van der Waals surface area contributed by atoms with Gasteiger partial charge in [-0.25, -0.2) is 0 Å². The number of aromatic nitrogens is 1. The Morgan fingerprint density at radius 3 is 2.54 bits per heavy atom. The van der Waals surface area contributed by atoms with Crippen LogP contribution >= 0.6 is 0 Å². The topological polar surface area (TPSA) is 79.5 Å². The second-order valence-corrected chi connectivity index (χ2v) is 7.20. The molecule has 138 valence electrons. The molecule has 1 fully saturated rings. The highest BCUT2D eigenvalue weighted by atomic mass is 32.2. The van der Waals surface area contributed by atoms with Crippen LogP contribution in [-0.4, -0.2) is 49.7 Å². The third-order valence-corrected chi connectivity index (χ3v) is 5.04. The smallest absolute Gasteiger partial charge is 0.252 e. The lowest BCUT2D eigenvalue weighted by Crippen LogP contribution is -2.44. The molecule has 0 spiro atoms. The van der Waals surface area contributed by atoms with E-state index in [0.717, 1.165) is 42.9 Å². The highest BCUT2D eigenvalue weighted by Gasteiger charge is 2.15. The first-order valence-corrected chi connectivity index (χ1v) is 9.81. The van der Waals surface area contributed by atoms with E-state index in [-0.39, 0.29) is 11.3 Å². The first-order chi connectivity index (χ1) is 12.6. The average Bonchev–Trinajstić information content (AvgIpc) is 2.64. The average molecular weight is 372 g/mol. The monoisotopic (exact) mass is 372 g/mol. The first kappa shape index (κ1) is 18.6. The first-order valence-electron chi connectivity index (χ1n) is 8.57. The lowest BCUT2D eigenvalue weighted by atomic mass is 10.1. The van der Waals surface area contributed by atoms with E-state index in [2.05, 4.69) is 14.8 Å². The molecule has 2 heterocycles. The van der Waals surface area contributed by atoms with Crippen molar-refractivity contribution in [3.63, 3.8) is 0 Å². The minimum absolute atomic E-state index is 0.0257. The van der Waals surface area contributed by atoms with Crippen molar-refractivity contribution < 1.29 is 8.76 Å². The van der Waals surface area contributed by atoms with Gasteiger partial charge in [-0.05, 0) is 29.5 Å². The maximum atomic E-state index is 11.8. The lowest BCUT2D eigenvalue weighted by molar-refractivity contribution is 0.162. The van der Waals surface area contributed by atoms with Crippen LogP contribution in [0.3, 0.4) is 0 Å². The Bertz CT molecular complexity index is 842. The molecule has 1 saturated heterocycles. The van der Waals surface area contributed by atoms with Crippen LogP contribution in [0.2, 0.25) is 0 Å². The predicted molar refractivity (Wildman–Crippen MR) is 102 cm³/mol. The van der Waals surface area contributed by atoms with Crippen molar-refractivity contribution in [3.05, 3.63) is 75.8 Å². The summed E-state index contributed by atoms with van der Waals surface area (Å²) < 4.78 is 21.9. The van der Waals surface area contributed by atoms with Gasteiger partial charge in [0.2, 0.25) is 0 Å². The van der Waals surface area contributed by atoms with Crippen LogP contribution in [0.4, 0.5) is 0 Å². The molecule has 1 aromatic heterocycles. The Balaban J connectivity index is 1.56. The molecule has 3 rings (SSSR count). The van der Waals surface area contributed by atoms with E-state index in [4.69, 9.17) is 0 Å². The minimum atomic E-state index is -2.09. The molecule has 1 aromatic carbocycles. The molecule has 2 aromatic rings. The molecular formula is C19H22N3O3S-. The van der Waals surface area contributed by atoms with Crippen molar-refractivity contribution in [1.29, 1.82) is 0 Å². The zero-order valence-corrected chi connectivity index (χ0v) is 15.3.